The average Bonchev–Trinajstić information content (AvgIpc) is 3.15. The highest BCUT2D eigenvalue weighted by Gasteiger charge is 2.14. The first-order chi connectivity index (χ1) is 10.2. The molecule has 0 bridgehead atoms. The molecule has 0 unspecified atom stereocenters. The van der Waals surface area contributed by atoms with Crippen molar-refractivity contribution in [1.29, 1.82) is 0 Å². The van der Waals surface area contributed by atoms with Crippen LogP contribution in [0.2, 0.25) is 0 Å². The third-order valence-corrected chi connectivity index (χ3v) is 4.83. The number of nitrogens with one attached hydrogen (secondary N) is 1. The second-order valence-corrected chi connectivity index (χ2v) is 6.57. The van der Waals surface area contributed by atoms with Gasteiger partial charge in [-0.1, -0.05) is 18.2 Å². The predicted octanol–water partition coefficient (Wildman–Crippen LogP) is 3.28. The normalized spacial score (nSPS) is 16.3. The standard InChI is InChI=1S/C17H21NO2S/c1-12(9-15(19)17-3-2-8-21-17)18-11-13-4-5-16-14(10-13)6-7-20-16/h2-5,8,10,12,15,18-19H,6-7,9,11H2,1H3/t12-,15-/m1/s1. The van der Waals surface area contributed by atoms with Gasteiger partial charge in [-0.25, -0.2) is 0 Å². The Bertz CT molecular complexity index is 582. The Morgan fingerprint density at radius 3 is 3.10 bits per heavy atom. The number of ether oxygens (including phenoxy) is 1. The van der Waals surface area contributed by atoms with Gasteiger partial charge < -0.3 is 15.2 Å². The molecule has 2 atom stereocenters. The molecule has 3 rings (SSSR count). The summed E-state index contributed by atoms with van der Waals surface area (Å²) in [6.07, 6.45) is 1.37. The molecule has 0 aliphatic carbocycles. The number of hydrogen-bond acceptors (Lipinski definition) is 4. The molecule has 112 valence electrons. The van der Waals surface area contributed by atoms with Crippen molar-refractivity contribution in [3.63, 3.8) is 0 Å². The minimum absolute atomic E-state index is 0.270. The van der Waals surface area contributed by atoms with Gasteiger partial charge in [0.15, 0.2) is 0 Å². The van der Waals surface area contributed by atoms with Crippen molar-refractivity contribution < 1.29 is 9.84 Å². The van der Waals surface area contributed by atoms with Gasteiger partial charge >= 0.3 is 0 Å². The van der Waals surface area contributed by atoms with Gasteiger partial charge in [0.05, 0.1) is 12.7 Å². The molecular weight excluding hydrogens is 282 g/mol. The summed E-state index contributed by atoms with van der Waals surface area (Å²) in [5.41, 5.74) is 2.58. The van der Waals surface area contributed by atoms with Crippen molar-refractivity contribution in [2.75, 3.05) is 6.61 Å². The molecule has 0 saturated heterocycles. The van der Waals surface area contributed by atoms with E-state index in [1.54, 1.807) is 11.3 Å². The SMILES string of the molecule is C[C@H](C[C@@H](O)c1cccs1)NCc1ccc2c(c1)CCO2. The molecule has 21 heavy (non-hydrogen) atoms. The topological polar surface area (TPSA) is 41.5 Å². The zero-order valence-electron chi connectivity index (χ0n) is 12.2. The van der Waals surface area contributed by atoms with E-state index in [-0.39, 0.29) is 12.1 Å². The molecule has 1 aliphatic rings. The summed E-state index contributed by atoms with van der Waals surface area (Å²) in [7, 11) is 0. The van der Waals surface area contributed by atoms with Gasteiger partial charge in [0.1, 0.15) is 5.75 Å². The lowest BCUT2D eigenvalue weighted by Gasteiger charge is -2.17. The second-order valence-electron chi connectivity index (χ2n) is 5.59. The Hall–Kier alpha value is -1.36. The van der Waals surface area contributed by atoms with Crippen LogP contribution in [-0.2, 0) is 13.0 Å². The van der Waals surface area contributed by atoms with Crippen LogP contribution >= 0.6 is 11.3 Å². The largest absolute Gasteiger partial charge is 0.493 e. The Kier molecular flexibility index (Phi) is 4.58. The van der Waals surface area contributed by atoms with Crippen LogP contribution < -0.4 is 10.1 Å². The van der Waals surface area contributed by atoms with E-state index in [0.29, 0.717) is 0 Å². The van der Waals surface area contributed by atoms with Crippen LogP contribution in [0.25, 0.3) is 0 Å². The highest BCUT2D eigenvalue weighted by molar-refractivity contribution is 7.10. The Balaban J connectivity index is 1.50. The molecule has 2 N–H and O–H groups in total. The highest BCUT2D eigenvalue weighted by Crippen LogP contribution is 2.26. The lowest BCUT2D eigenvalue weighted by Crippen LogP contribution is -2.27. The third kappa shape index (κ3) is 3.64. The van der Waals surface area contributed by atoms with Crippen LogP contribution in [0.5, 0.6) is 5.75 Å². The first-order valence-electron chi connectivity index (χ1n) is 7.42. The van der Waals surface area contributed by atoms with Crippen LogP contribution in [0.1, 0.15) is 35.5 Å². The van der Waals surface area contributed by atoms with E-state index in [4.69, 9.17) is 4.74 Å². The second kappa shape index (κ2) is 6.60. The maximum Gasteiger partial charge on any atom is 0.122 e. The van der Waals surface area contributed by atoms with Crippen LogP contribution in [-0.4, -0.2) is 17.8 Å². The third-order valence-electron chi connectivity index (χ3n) is 3.86. The molecule has 0 saturated carbocycles. The smallest absolute Gasteiger partial charge is 0.122 e. The van der Waals surface area contributed by atoms with Crippen molar-refractivity contribution in [2.45, 2.75) is 38.5 Å². The van der Waals surface area contributed by atoms with Crippen molar-refractivity contribution in [3.05, 3.63) is 51.7 Å². The van der Waals surface area contributed by atoms with E-state index in [0.717, 1.165) is 36.6 Å². The number of thiophene rings is 1. The predicted molar refractivity (Wildman–Crippen MR) is 85.8 cm³/mol. The fourth-order valence-corrected chi connectivity index (χ4v) is 3.38. The Morgan fingerprint density at radius 1 is 1.38 bits per heavy atom. The first-order valence-corrected chi connectivity index (χ1v) is 8.30. The summed E-state index contributed by atoms with van der Waals surface area (Å²) in [4.78, 5) is 1.04. The highest BCUT2D eigenvalue weighted by atomic mass is 32.1. The summed E-state index contributed by atoms with van der Waals surface area (Å²) in [5.74, 6) is 1.03. The van der Waals surface area contributed by atoms with E-state index in [1.807, 2.05) is 17.5 Å². The molecule has 1 aromatic carbocycles. The quantitative estimate of drug-likeness (QED) is 0.860. The summed E-state index contributed by atoms with van der Waals surface area (Å²) < 4.78 is 5.52. The molecule has 2 heterocycles. The average molecular weight is 303 g/mol. The summed E-state index contributed by atoms with van der Waals surface area (Å²) in [6.45, 7) is 3.74. The Morgan fingerprint density at radius 2 is 2.29 bits per heavy atom. The van der Waals surface area contributed by atoms with Gasteiger partial charge in [0, 0.05) is 23.9 Å². The lowest BCUT2D eigenvalue weighted by molar-refractivity contribution is 0.157. The maximum absolute atomic E-state index is 10.2. The summed E-state index contributed by atoms with van der Waals surface area (Å²) in [6, 6.07) is 10.6. The summed E-state index contributed by atoms with van der Waals surface area (Å²) in [5, 5.41) is 15.6. The van der Waals surface area contributed by atoms with E-state index in [2.05, 4.69) is 30.4 Å². The molecule has 0 spiro atoms. The number of aliphatic hydroxyl groups is 1. The molecule has 4 heteroatoms. The van der Waals surface area contributed by atoms with Crippen LogP contribution in [0, 0.1) is 0 Å². The van der Waals surface area contributed by atoms with Crippen molar-refractivity contribution in [2.24, 2.45) is 0 Å². The van der Waals surface area contributed by atoms with Gasteiger partial charge in [-0.2, -0.15) is 0 Å². The van der Waals surface area contributed by atoms with E-state index in [9.17, 15) is 5.11 Å². The fraction of sp³-hybridized carbons (Fsp3) is 0.412. The number of hydrogen-bond donors (Lipinski definition) is 2. The van der Waals surface area contributed by atoms with Crippen LogP contribution in [0.3, 0.4) is 0 Å². The molecule has 2 aromatic rings. The summed E-state index contributed by atoms with van der Waals surface area (Å²) >= 11 is 1.61. The molecular formula is C17H21NO2S. The number of fused-ring (bicyclic) bond motifs is 1. The monoisotopic (exact) mass is 303 g/mol. The molecule has 0 radical (unpaired) electrons. The minimum atomic E-state index is -0.374. The van der Waals surface area contributed by atoms with Gasteiger partial charge in [-0.05, 0) is 42.0 Å². The molecule has 0 fully saturated rings. The lowest BCUT2D eigenvalue weighted by atomic mass is 10.1. The number of benzene rings is 1. The first kappa shape index (κ1) is 14.6. The van der Waals surface area contributed by atoms with E-state index >= 15 is 0 Å². The van der Waals surface area contributed by atoms with E-state index in [1.165, 1.54) is 11.1 Å². The van der Waals surface area contributed by atoms with Gasteiger partial charge in [-0.15, -0.1) is 11.3 Å². The van der Waals surface area contributed by atoms with Crippen LogP contribution in [0.4, 0.5) is 0 Å². The van der Waals surface area contributed by atoms with Gasteiger partial charge in [0.25, 0.3) is 0 Å². The molecule has 1 aromatic heterocycles. The zero-order chi connectivity index (χ0) is 14.7. The molecule has 3 nitrogen and oxygen atoms in total. The van der Waals surface area contributed by atoms with Gasteiger partial charge in [0.2, 0.25) is 0 Å². The Labute approximate surface area is 129 Å². The van der Waals surface area contributed by atoms with Gasteiger partial charge in [-0.3, -0.25) is 0 Å². The molecule has 0 amide bonds. The van der Waals surface area contributed by atoms with E-state index < -0.39 is 0 Å². The number of rotatable bonds is 6. The fourth-order valence-electron chi connectivity index (χ4n) is 2.66. The van der Waals surface area contributed by atoms with Crippen molar-refractivity contribution >= 4 is 11.3 Å². The van der Waals surface area contributed by atoms with Crippen LogP contribution in [0.15, 0.2) is 35.7 Å². The molecule has 1 aliphatic heterocycles. The maximum atomic E-state index is 10.2. The minimum Gasteiger partial charge on any atom is -0.493 e. The zero-order valence-corrected chi connectivity index (χ0v) is 13.0. The van der Waals surface area contributed by atoms with Crippen molar-refractivity contribution in [1.82, 2.24) is 5.32 Å². The number of aliphatic hydroxyl groups excluding tert-OH is 1. The van der Waals surface area contributed by atoms with Crippen molar-refractivity contribution in [3.8, 4) is 5.75 Å².